The molecule has 6 heteroatoms. The molecular weight excluding hydrogens is 419 g/mol. The van der Waals surface area contributed by atoms with Crippen molar-refractivity contribution in [3.8, 4) is 0 Å². The van der Waals surface area contributed by atoms with Crippen LogP contribution < -0.4 is 10.2 Å². The van der Waals surface area contributed by atoms with E-state index in [-0.39, 0.29) is 5.70 Å². The average Bonchev–Trinajstić information content (AvgIpc) is 2.93. The predicted octanol–water partition coefficient (Wildman–Crippen LogP) is 6.01. The van der Waals surface area contributed by atoms with E-state index >= 15 is 0 Å². The lowest BCUT2D eigenvalue weighted by molar-refractivity contribution is -0.120. The number of nitrogens with one attached hydrogen (secondary N) is 1. The van der Waals surface area contributed by atoms with Crippen LogP contribution in [0.5, 0.6) is 0 Å². The van der Waals surface area contributed by atoms with Crippen LogP contribution in [0.4, 0.5) is 11.4 Å². The highest BCUT2D eigenvalue weighted by atomic mass is 35.5. The van der Waals surface area contributed by atoms with Crippen LogP contribution in [0.15, 0.2) is 72.4 Å². The second kappa shape index (κ2) is 7.98. The van der Waals surface area contributed by atoms with E-state index in [9.17, 15) is 9.59 Å². The topological polar surface area (TPSA) is 49.4 Å². The summed E-state index contributed by atoms with van der Waals surface area (Å²) in [6.07, 6.45) is 0. The molecule has 0 bridgehead atoms. The second-order valence-electron chi connectivity index (χ2n) is 7.13. The van der Waals surface area contributed by atoms with E-state index < -0.39 is 11.8 Å². The van der Waals surface area contributed by atoms with E-state index in [0.717, 1.165) is 16.8 Å². The molecule has 2 amide bonds. The monoisotopic (exact) mass is 436 g/mol. The van der Waals surface area contributed by atoms with Gasteiger partial charge in [0.25, 0.3) is 11.8 Å². The van der Waals surface area contributed by atoms with E-state index in [1.807, 2.05) is 38.1 Å². The number of anilines is 2. The van der Waals surface area contributed by atoms with Crippen molar-refractivity contribution in [1.82, 2.24) is 0 Å². The van der Waals surface area contributed by atoms with Crippen molar-refractivity contribution in [2.45, 2.75) is 13.8 Å². The molecule has 0 unspecified atom stereocenters. The molecule has 4 rings (SSSR count). The fourth-order valence-corrected chi connectivity index (χ4v) is 3.84. The first kappa shape index (κ1) is 20.2. The molecule has 0 spiro atoms. The van der Waals surface area contributed by atoms with Gasteiger partial charge in [-0.15, -0.1) is 0 Å². The number of amides is 2. The van der Waals surface area contributed by atoms with Gasteiger partial charge in [-0.05, 0) is 73.0 Å². The third kappa shape index (κ3) is 3.72. The normalized spacial score (nSPS) is 13.9. The summed E-state index contributed by atoms with van der Waals surface area (Å²) < 4.78 is 0. The van der Waals surface area contributed by atoms with Crippen molar-refractivity contribution < 1.29 is 9.59 Å². The molecular formula is C24H18Cl2N2O2. The zero-order chi connectivity index (χ0) is 21.4. The molecule has 0 saturated heterocycles. The Kier molecular flexibility index (Phi) is 5.37. The first-order valence-corrected chi connectivity index (χ1v) is 10.1. The minimum absolute atomic E-state index is 0.224. The molecule has 0 radical (unpaired) electrons. The van der Waals surface area contributed by atoms with E-state index in [2.05, 4.69) is 5.32 Å². The zero-order valence-corrected chi connectivity index (χ0v) is 17.9. The number of carbonyl (C=O) groups is 2. The number of imide groups is 1. The van der Waals surface area contributed by atoms with Crippen LogP contribution >= 0.6 is 23.2 Å². The SMILES string of the molecule is Cc1cccc(NC2=C(c3ccc(Cl)cc3)C(=O)N(c3ccc(Cl)cc3C)C2=O)c1. The third-order valence-electron chi connectivity index (χ3n) is 4.90. The molecule has 1 N–H and O–H groups in total. The van der Waals surface area contributed by atoms with Crippen LogP contribution in [-0.4, -0.2) is 11.8 Å². The molecule has 1 aliphatic rings. The molecule has 0 aliphatic carbocycles. The molecule has 0 aromatic heterocycles. The Hall–Kier alpha value is -3.08. The van der Waals surface area contributed by atoms with Crippen LogP contribution in [0.3, 0.4) is 0 Å². The highest BCUT2D eigenvalue weighted by molar-refractivity contribution is 6.46. The molecule has 3 aromatic carbocycles. The number of aryl methyl sites for hydroxylation is 2. The van der Waals surface area contributed by atoms with Gasteiger partial charge >= 0.3 is 0 Å². The van der Waals surface area contributed by atoms with Gasteiger partial charge in [0.05, 0.1) is 11.3 Å². The van der Waals surface area contributed by atoms with Crippen molar-refractivity contribution in [3.63, 3.8) is 0 Å². The molecule has 1 aliphatic heterocycles. The molecule has 3 aromatic rings. The predicted molar refractivity (Wildman–Crippen MR) is 122 cm³/mol. The Morgan fingerprint density at radius 3 is 2.17 bits per heavy atom. The van der Waals surface area contributed by atoms with Gasteiger partial charge < -0.3 is 5.32 Å². The number of carbonyl (C=O) groups excluding carboxylic acids is 2. The smallest absolute Gasteiger partial charge is 0.282 e. The zero-order valence-electron chi connectivity index (χ0n) is 16.4. The number of hydrogen-bond acceptors (Lipinski definition) is 3. The lowest BCUT2D eigenvalue weighted by Gasteiger charge is -2.18. The summed E-state index contributed by atoms with van der Waals surface area (Å²) in [4.78, 5) is 28.1. The number of hydrogen-bond donors (Lipinski definition) is 1. The largest absolute Gasteiger partial charge is 0.350 e. The Morgan fingerprint density at radius 2 is 1.50 bits per heavy atom. The van der Waals surface area contributed by atoms with Crippen molar-refractivity contribution in [1.29, 1.82) is 0 Å². The van der Waals surface area contributed by atoms with E-state index in [1.165, 1.54) is 4.90 Å². The summed E-state index contributed by atoms with van der Waals surface area (Å²) in [7, 11) is 0. The lowest BCUT2D eigenvalue weighted by Crippen LogP contribution is -2.33. The Morgan fingerprint density at radius 1 is 0.800 bits per heavy atom. The summed E-state index contributed by atoms with van der Waals surface area (Å²) in [5, 5.41) is 4.26. The quantitative estimate of drug-likeness (QED) is 0.509. The maximum Gasteiger partial charge on any atom is 0.282 e. The summed E-state index contributed by atoms with van der Waals surface area (Å²) >= 11 is 12.1. The van der Waals surface area contributed by atoms with Gasteiger partial charge in [-0.1, -0.05) is 47.5 Å². The minimum atomic E-state index is -0.420. The number of nitrogens with zero attached hydrogens (tertiary/aromatic N) is 1. The van der Waals surface area contributed by atoms with E-state index in [1.54, 1.807) is 42.5 Å². The fourth-order valence-electron chi connectivity index (χ4n) is 3.49. The Bertz CT molecular complexity index is 1200. The first-order chi connectivity index (χ1) is 14.3. The van der Waals surface area contributed by atoms with Crippen LogP contribution in [0.25, 0.3) is 5.57 Å². The van der Waals surface area contributed by atoms with Gasteiger partial charge in [-0.3, -0.25) is 9.59 Å². The van der Waals surface area contributed by atoms with Gasteiger partial charge in [0.15, 0.2) is 0 Å². The summed E-state index contributed by atoms with van der Waals surface area (Å²) in [5.74, 6) is -0.820. The van der Waals surface area contributed by atoms with Gasteiger partial charge in [-0.25, -0.2) is 4.90 Å². The summed E-state index contributed by atoms with van der Waals surface area (Å²) in [6, 6.07) is 19.6. The average molecular weight is 437 g/mol. The molecule has 30 heavy (non-hydrogen) atoms. The highest BCUT2D eigenvalue weighted by Gasteiger charge is 2.40. The third-order valence-corrected chi connectivity index (χ3v) is 5.39. The number of rotatable bonds is 4. The van der Waals surface area contributed by atoms with Crippen molar-refractivity contribution in [3.05, 3.63) is 99.2 Å². The van der Waals surface area contributed by atoms with Gasteiger partial charge in [0.2, 0.25) is 0 Å². The maximum absolute atomic E-state index is 13.4. The number of benzene rings is 3. The van der Waals surface area contributed by atoms with Crippen molar-refractivity contribution in [2.75, 3.05) is 10.2 Å². The molecule has 0 saturated carbocycles. The van der Waals surface area contributed by atoms with Crippen LogP contribution in [0.2, 0.25) is 10.0 Å². The van der Waals surface area contributed by atoms with E-state index in [0.29, 0.717) is 26.9 Å². The Labute approximate surface area is 184 Å². The Balaban J connectivity index is 1.84. The van der Waals surface area contributed by atoms with Crippen LogP contribution in [-0.2, 0) is 9.59 Å². The van der Waals surface area contributed by atoms with Gasteiger partial charge in [0, 0.05) is 15.7 Å². The van der Waals surface area contributed by atoms with Crippen molar-refractivity contribution in [2.24, 2.45) is 0 Å². The van der Waals surface area contributed by atoms with Crippen LogP contribution in [0, 0.1) is 13.8 Å². The molecule has 150 valence electrons. The highest BCUT2D eigenvalue weighted by Crippen LogP contribution is 2.36. The van der Waals surface area contributed by atoms with Gasteiger partial charge in [-0.2, -0.15) is 0 Å². The standard InChI is InChI=1S/C24H18Cl2N2O2/c1-14-4-3-5-19(12-14)27-22-21(16-6-8-17(25)9-7-16)23(29)28(24(22)30)20-11-10-18(26)13-15(20)2/h3-13,27H,1-2H3. The molecule has 0 atom stereocenters. The van der Waals surface area contributed by atoms with Gasteiger partial charge in [0.1, 0.15) is 5.70 Å². The minimum Gasteiger partial charge on any atom is -0.350 e. The van der Waals surface area contributed by atoms with Crippen LogP contribution in [0.1, 0.15) is 16.7 Å². The van der Waals surface area contributed by atoms with Crippen molar-refractivity contribution >= 4 is 52.0 Å². The summed E-state index contributed by atoms with van der Waals surface area (Å²) in [6.45, 7) is 3.78. The maximum atomic E-state index is 13.4. The molecule has 4 nitrogen and oxygen atoms in total. The second-order valence-corrected chi connectivity index (χ2v) is 8.00. The molecule has 1 heterocycles. The molecule has 0 fully saturated rings. The number of halogens is 2. The lowest BCUT2D eigenvalue weighted by atomic mass is 10.0. The van der Waals surface area contributed by atoms with E-state index in [4.69, 9.17) is 23.2 Å². The first-order valence-electron chi connectivity index (χ1n) is 9.34. The fraction of sp³-hybridized carbons (Fsp3) is 0.0833. The summed E-state index contributed by atoms with van der Waals surface area (Å²) in [5.41, 5.74) is 4.14.